The van der Waals surface area contributed by atoms with E-state index in [0.29, 0.717) is 18.6 Å². The normalized spacial score (nSPS) is 21.0. The van der Waals surface area contributed by atoms with Gasteiger partial charge < -0.3 is 14.6 Å². The van der Waals surface area contributed by atoms with Gasteiger partial charge in [0, 0.05) is 19.1 Å². The first kappa shape index (κ1) is 12.9. The molecule has 0 spiro atoms. The van der Waals surface area contributed by atoms with Crippen LogP contribution in [0, 0.1) is 5.92 Å². The van der Waals surface area contributed by atoms with Gasteiger partial charge in [-0.15, -0.1) is 5.10 Å². The van der Waals surface area contributed by atoms with Crippen molar-refractivity contribution in [2.45, 2.75) is 58.0 Å². The average molecular weight is 264 g/mol. The number of hydrogen-bond donors (Lipinski definition) is 1. The lowest BCUT2D eigenvalue weighted by atomic mass is 9.93. The third-order valence-electron chi connectivity index (χ3n) is 4.16. The summed E-state index contributed by atoms with van der Waals surface area (Å²) in [6.07, 6.45) is 7.73. The Balaban J connectivity index is 1.48. The molecule has 2 aliphatic rings. The van der Waals surface area contributed by atoms with Crippen LogP contribution in [0.2, 0.25) is 0 Å². The molecule has 1 aromatic heterocycles. The van der Waals surface area contributed by atoms with Gasteiger partial charge in [0.1, 0.15) is 0 Å². The van der Waals surface area contributed by atoms with Crippen LogP contribution in [-0.4, -0.2) is 29.3 Å². The molecule has 0 atom stereocenters. The van der Waals surface area contributed by atoms with Crippen LogP contribution in [0.25, 0.3) is 0 Å². The molecule has 0 bridgehead atoms. The molecule has 5 nitrogen and oxygen atoms in total. The first-order chi connectivity index (χ1) is 9.35. The quantitative estimate of drug-likeness (QED) is 0.854. The van der Waals surface area contributed by atoms with Crippen molar-refractivity contribution in [1.82, 2.24) is 15.5 Å². The minimum absolute atomic E-state index is 0.681. The summed E-state index contributed by atoms with van der Waals surface area (Å²) in [6.45, 7) is 5.10. The number of anilines is 1. The summed E-state index contributed by atoms with van der Waals surface area (Å²) in [5.74, 6) is 1.61. The van der Waals surface area contributed by atoms with Crippen molar-refractivity contribution in [2.24, 2.45) is 5.92 Å². The molecule has 1 N–H and O–H groups in total. The largest absolute Gasteiger partial charge is 0.407 e. The highest BCUT2D eigenvalue weighted by molar-refractivity contribution is 5.24. The Hall–Kier alpha value is -1.10. The Morgan fingerprint density at radius 1 is 1.21 bits per heavy atom. The van der Waals surface area contributed by atoms with E-state index < -0.39 is 0 Å². The Kier molecular flexibility index (Phi) is 4.01. The molecule has 1 aromatic rings. The zero-order chi connectivity index (χ0) is 13.1. The Morgan fingerprint density at radius 2 is 2.00 bits per heavy atom. The van der Waals surface area contributed by atoms with Crippen molar-refractivity contribution in [2.75, 3.05) is 18.0 Å². The van der Waals surface area contributed by atoms with Crippen LogP contribution in [0.15, 0.2) is 4.42 Å². The summed E-state index contributed by atoms with van der Waals surface area (Å²) in [5, 5.41) is 11.7. The maximum absolute atomic E-state index is 5.74. The molecular formula is C14H24N4O. The van der Waals surface area contributed by atoms with Crippen molar-refractivity contribution < 1.29 is 4.42 Å². The van der Waals surface area contributed by atoms with E-state index in [4.69, 9.17) is 4.42 Å². The SMILES string of the molecule is CCCC1CCN(c2nnc(CNC3CC3)o2)CC1. The summed E-state index contributed by atoms with van der Waals surface area (Å²) in [6, 6.07) is 1.39. The predicted molar refractivity (Wildman–Crippen MR) is 74.0 cm³/mol. The molecule has 3 rings (SSSR count). The maximum Gasteiger partial charge on any atom is 0.318 e. The zero-order valence-corrected chi connectivity index (χ0v) is 11.8. The molecule has 1 saturated carbocycles. The van der Waals surface area contributed by atoms with Gasteiger partial charge in [-0.05, 0) is 31.6 Å². The minimum atomic E-state index is 0.681. The molecule has 0 radical (unpaired) electrons. The molecular weight excluding hydrogens is 240 g/mol. The third-order valence-corrected chi connectivity index (χ3v) is 4.16. The average Bonchev–Trinajstić information content (AvgIpc) is 3.15. The summed E-state index contributed by atoms with van der Waals surface area (Å²) in [7, 11) is 0. The topological polar surface area (TPSA) is 54.2 Å². The van der Waals surface area contributed by atoms with Crippen molar-refractivity contribution in [3.63, 3.8) is 0 Å². The fraction of sp³-hybridized carbons (Fsp3) is 0.857. The van der Waals surface area contributed by atoms with Crippen molar-refractivity contribution in [3.8, 4) is 0 Å². The highest BCUT2D eigenvalue weighted by Crippen LogP contribution is 2.25. The van der Waals surface area contributed by atoms with Crippen LogP contribution < -0.4 is 10.2 Å². The van der Waals surface area contributed by atoms with Gasteiger partial charge in [-0.3, -0.25) is 0 Å². The van der Waals surface area contributed by atoms with Gasteiger partial charge in [0.05, 0.1) is 6.54 Å². The second kappa shape index (κ2) is 5.90. The van der Waals surface area contributed by atoms with Gasteiger partial charge in [-0.2, -0.15) is 0 Å². The summed E-state index contributed by atoms with van der Waals surface area (Å²) in [4.78, 5) is 2.24. The summed E-state index contributed by atoms with van der Waals surface area (Å²) < 4.78 is 5.74. The Labute approximate surface area is 114 Å². The second-order valence-corrected chi connectivity index (χ2v) is 5.85. The van der Waals surface area contributed by atoms with E-state index in [1.54, 1.807) is 0 Å². The van der Waals surface area contributed by atoms with E-state index in [9.17, 15) is 0 Å². The van der Waals surface area contributed by atoms with E-state index in [1.165, 1.54) is 38.5 Å². The number of hydrogen-bond acceptors (Lipinski definition) is 5. The predicted octanol–water partition coefficient (Wildman–Crippen LogP) is 2.34. The molecule has 2 fully saturated rings. The molecule has 2 heterocycles. The van der Waals surface area contributed by atoms with E-state index >= 15 is 0 Å². The van der Waals surface area contributed by atoms with Crippen LogP contribution in [0.5, 0.6) is 0 Å². The van der Waals surface area contributed by atoms with Gasteiger partial charge >= 0.3 is 6.01 Å². The zero-order valence-electron chi connectivity index (χ0n) is 11.8. The summed E-state index contributed by atoms with van der Waals surface area (Å²) >= 11 is 0. The molecule has 1 aliphatic heterocycles. The van der Waals surface area contributed by atoms with Crippen LogP contribution >= 0.6 is 0 Å². The lowest BCUT2D eigenvalue weighted by Gasteiger charge is -2.30. The molecule has 106 valence electrons. The third kappa shape index (κ3) is 3.47. The monoisotopic (exact) mass is 264 g/mol. The van der Waals surface area contributed by atoms with E-state index in [1.807, 2.05) is 0 Å². The fourth-order valence-electron chi connectivity index (χ4n) is 2.78. The number of nitrogens with one attached hydrogen (secondary N) is 1. The highest BCUT2D eigenvalue weighted by Gasteiger charge is 2.24. The molecule has 0 aromatic carbocycles. The van der Waals surface area contributed by atoms with Crippen LogP contribution in [0.3, 0.4) is 0 Å². The number of aromatic nitrogens is 2. The van der Waals surface area contributed by atoms with E-state index in [0.717, 1.165) is 24.9 Å². The molecule has 1 saturated heterocycles. The van der Waals surface area contributed by atoms with Gasteiger partial charge in [-0.25, -0.2) is 0 Å². The maximum atomic E-state index is 5.74. The van der Waals surface area contributed by atoms with Gasteiger partial charge in [0.25, 0.3) is 0 Å². The van der Waals surface area contributed by atoms with Crippen molar-refractivity contribution in [3.05, 3.63) is 5.89 Å². The molecule has 1 aliphatic carbocycles. The lowest BCUT2D eigenvalue weighted by Crippen LogP contribution is -2.33. The number of piperidine rings is 1. The number of rotatable bonds is 6. The number of nitrogens with zero attached hydrogens (tertiary/aromatic N) is 3. The second-order valence-electron chi connectivity index (χ2n) is 5.85. The smallest absolute Gasteiger partial charge is 0.318 e. The Morgan fingerprint density at radius 3 is 2.68 bits per heavy atom. The van der Waals surface area contributed by atoms with Crippen molar-refractivity contribution >= 4 is 6.01 Å². The molecule has 5 heteroatoms. The molecule has 0 unspecified atom stereocenters. The van der Waals surface area contributed by atoms with Crippen molar-refractivity contribution in [1.29, 1.82) is 0 Å². The highest BCUT2D eigenvalue weighted by atomic mass is 16.4. The Bertz CT molecular complexity index is 394. The van der Waals surface area contributed by atoms with E-state index in [2.05, 4.69) is 27.3 Å². The van der Waals surface area contributed by atoms with Crippen LogP contribution in [-0.2, 0) is 6.54 Å². The van der Waals surface area contributed by atoms with Crippen LogP contribution in [0.1, 0.15) is 51.3 Å². The standard InChI is InChI=1S/C14H24N4O/c1-2-3-11-6-8-18(9-7-11)14-17-16-13(19-14)10-15-12-4-5-12/h11-12,15H,2-10H2,1H3. The summed E-state index contributed by atoms with van der Waals surface area (Å²) in [5.41, 5.74) is 0. The van der Waals surface area contributed by atoms with Gasteiger partial charge in [-0.1, -0.05) is 24.9 Å². The molecule has 19 heavy (non-hydrogen) atoms. The first-order valence-corrected chi connectivity index (χ1v) is 7.66. The van der Waals surface area contributed by atoms with Gasteiger partial charge in [0.2, 0.25) is 5.89 Å². The van der Waals surface area contributed by atoms with E-state index in [-0.39, 0.29) is 0 Å². The fourth-order valence-corrected chi connectivity index (χ4v) is 2.78. The lowest BCUT2D eigenvalue weighted by molar-refractivity contribution is 0.360. The van der Waals surface area contributed by atoms with Crippen LogP contribution in [0.4, 0.5) is 6.01 Å². The molecule has 0 amide bonds. The minimum Gasteiger partial charge on any atom is -0.407 e. The first-order valence-electron chi connectivity index (χ1n) is 7.66. The van der Waals surface area contributed by atoms with Gasteiger partial charge in [0.15, 0.2) is 0 Å².